The molecule has 11 heavy (non-hydrogen) atoms. The monoisotopic (exact) mass is 152 g/mol. The highest BCUT2D eigenvalue weighted by Crippen LogP contribution is 2.35. The molecule has 2 nitrogen and oxygen atoms in total. The van der Waals surface area contributed by atoms with E-state index in [0.29, 0.717) is 5.92 Å². The molecule has 0 aromatic rings. The van der Waals surface area contributed by atoms with Crippen LogP contribution in [0.3, 0.4) is 0 Å². The standard InChI is InChI=1S/C9H12O2/c1-6-7-4-2-3-5-8(7)9(10)11-6/h5-7H,2-4H2,1H3/t6-,7+/m0/s1. The molecule has 1 fully saturated rings. The van der Waals surface area contributed by atoms with Gasteiger partial charge in [0.25, 0.3) is 0 Å². The van der Waals surface area contributed by atoms with Gasteiger partial charge >= 0.3 is 5.97 Å². The lowest BCUT2D eigenvalue weighted by atomic mass is 9.86. The zero-order chi connectivity index (χ0) is 7.84. The van der Waals surface area contributed by atoms with Gasteiger partial charge in [0, 0.05) is 11.5 Å². The van der Waals surface area contributed by atoms with Crippen molar-refractivity contribution in [2.24, 2.45) is 5.92 Å². The van der Waals surface area contributed by atoms with Crippen LogP contribution in [0.4, 0.5) is 0 Å². The Labute approximate surface area is 66.2 Å². The van der Waals surface area contributed by atoms with Gasteiger partial charge in [0.15, 0.2) is 0 Å². The van der Waals surface area contributed by atoms with Gasteiger partial charge in [0.2, 0.25) is 0 Å². The summed E-state index contributed by atoms with van der Waals surface area (Å²) in [5.41, 5.74) is 0.934. The lowest BCUT2D eigenvalue weighted by Crippen LogP contribution is -2.14. The molecule has 1 saturated heterocycles. The maximum absolute atomic E-state index is 11.1. The topological polar surface area (TPSA) is 26.3 Å². The molecule has 2 aliphatic rings. The van der Waals surface area contributed by atoms with Gasteiger partial charge in [-0.3, -0.25) is 0 Å². The van der Waals surface area contributed by atoms with Crippen LogP contribution in [0.25, 0.3) is 0 Å². The second-order valence-electron chi connectivity index (χ2n) is 3.31. The summed E-state index contributed by atoms with van der Waals surface area (Å²) in [6.45, 7) is 1.98. The summed E-state index contributed by atoms with van der Waals surface area (Å²) in [7, 11) is 0. The van der Waals surface area contributed by atoms with Gasteiger partial charge in [0.05, 0.1) is 0 Å². The molecule has 0 unspecified atom stereocenters. The van der Waals surface area contributed by atoms with Crippen LogP contribution in [-0.4, -0.2) is 12.1 Å². The van der Waals surface area contributed by atoms with E-state index < -0.39 is 0 Å². The summed E-state index contributed by atoms with van der Waals surface area (Å²) in [6, 6.07) is 0. The van der Waals surface area contributed by atoms with Gasteiger partial charge in [-0.05, 0) is 26.2 Å². The molecule has 2 atom stereocenters. The van der Waals surface area contributed by atoms with Gasteiger partial charge in [-0.2, -0.15) is 0 Å². The summed E-state index contributed by atoms with van der Waals surface area (Å²) in [5, 5.41) is 0. The van der Waals surface area contributed by atoms with Crippen molar-refractivity contribution in [3.05, 3.63) is 11.6 Å². The fraction of sp³-hybridized carbons (Fsp3) is 0.667. The lowest BCUT2D eigenvalue weighted by Gasteiger charge is -2.16. The third-order valence-electron chi connectivity index (χ3n) is 2.58. The third-order valence-corrected chi connectivity index (χ3v) is 2.58. The van der Waals surface area contributed by atoms with E-state index in [0.717, 1.165) is 18.4 Å². The second kappa shape index (κ2) is 2.36. The Hall–Kier alpha value is -0.790. The fourth-order valence-electron chi connectivity index (χ4n) is 1.94. The van der Waals surface area contributed by atoms with E-state index >= 15 is 0 Å². The molecule has 1 aliphatic carbocycles. The van der Waals surface area contributed by atoms with Crippen LogP contribution >= 0.6 is 0 Å². The Morgan fingerprint density at radius 1 is 1.64 bits per heavy atom. The van der Waals surface area contributed by atoms with E-state index in [1.165, 1.54) is 6.42 Å². The summed E-state index contributed by atoms with van der Waals surface area (Å²) < 4.78 is 5.10. The van der Waals surface area contributed by atoms with Crippen LogP contribution in [0.5, 0.6) is 0 Å². The number of ether oxygens (including phenoxy) is 1. The number of carbonyl (C=O) groups excluding carboxylic acids is 1. The van der Waals surface area contributed by atoms with Crippen molar-refractivity contribution in [2.45, 2.75) is 32.3 Å². The molecule has 60 valence electrons. The largest absolute Gasteiger partial charge is 0.459 e. The van der Waals surface area contributed by atoms with Crippen molar-refractivity contribution in [1.82, 2.24) is 0 Å². The minimum atomic E-state index is -0.0813. The maximum atomic E-state index is 11.1. The van der Waals surface area contributed by atoms with Gasteiger partial charge in [0.1, 0.15) is 6.10 Å². The molecule has 2 heteroatoms. The van der Waals surface area contributed by atoms with Crippen LogP contribution in [0.2, 0.25) is 0 Å². The fourth-order valence-corrected chi connectivity index (χ4v) is 1.94. The van der Waals surface area contributed by atoms with Gasteiger partial charge in [-0.15, -0.1) is 0 Å². The summed E-state index contributed by atoms with van der Waals surface area (Å²) in [6.07, 6.45) is 5.54. The van der Waals surface area contributed by atoms with E-state index in [1.54, 1.807) is 0 Å². The molecule has 0 radical (unpaired) electrons. The molecule has 0 bridgehead atoms. The van der Waals surface area contributed by atoms with Crippen molar-refractivity contribution in [1.29, 1.82) is 0 Å². The van der Waals surface area contributed by atoms with E-state index in [2.05, 4.69) is 0 Å². The molecule has 0 amide bonds. The first-order valence-corrected chi connectivity index (χ1v) is 4.20. The normalized spacial score (nSPS) is 36.1. The second-order valence-corrected chi connectivity index (χ2v) is 3.31. The highest BCUT2D eigenvalue weighted by atomic mass is 16.5. The van der Waals surface area contributed by atoms with E-state index in [9.17, 15) is 4.79 Å². The molecule has 1 aliphatic heterocycles. The lowest BCUT2D eigenvalue weighted by molar-refractivity contribution is -0.138. The van der Waals surface area contributed by atoms with Crippen molar-refractivity contribution >= 4 is 5.97 Å². The van der Waals surface area contributed by atoms with Crippen molar-refractivity contribution in [3.8, 4) is 0 Å². The highest BCUT2D eigenvalue weighted by Gasteiger charge is 2.37. The number of esters is 1. The first-order valence-electron chi connectivity index (χ1n) is 4.20. The van der Waals surface area contributed by atoms with E-state index in [1.807, 2.05) is 13.0 Å². The number of carbonyl (C=O) groups is 1. The van der Waals surface area contributed by atoms with Crippen molar-refractivity contribution in [3.63, 3.8) is 0 Å². The number of allylic oxidation sites excluding steroid dienone is 1. The van der Waals surface area contributed by atoms with Crippen molar-refractivity contribution < 1.29 is 9.53 Å². The molecular weight excluding hydrogens is 140 g/mol. The van der Waals surface area contributed by atoms with Crippen LogP contribution in [0.15, 0.2) is 11.6 Å². The Morgan fingerprint density at radius 3 is 3.18 bits per heavy atom. The first-order chi connectivity index (χ1) is 5.29. The average molecular weight is 152 g/mol. The molecule has 2 rings (SSSR count). The predicted molar refractivity (Wildman–Crippen MR) is 41.0 cm³/mol. The average Bonchev–Trinajstić information content (AvgIpc) is 2.30. The third kappa shape index (κ3) is 0.971. The van der Waals surface area contributed by atoms with Crippen LogP contribution in [-0.2, 0) is 9.53 Å². The molecular formula is C9H12O2. The highest BCUT2D eigenvalue weighted by molar-refractivity contribution is 5.91. The quantitative estimate of drug-likeness (QED) is 0.493. The number of fused-ring (bicyclic) bond motifs is 1. The zero-order valence-corrected chi connectivity index (χ0v) is 6.67. The number of hydrogen-bond donors (Lipinski definition) is 0. The van der Waals surface area contributed by atoms with E-state index in [-0.39, 0.29) is 12.1 Å². The van der Waals surface area contributed by atoms with Crippen LogP contribution < -0.4 is 0 Å². The minimum absolute atomic E-state index is 0.0813. The summed E-state index contributed by atoms with van der Waals surface area (Å²) in [4.78, 5) is 11.1. The predicted octanol–water partition coefficient (Wildman–Crippen LogP) is 1.66. The molecule has 0 aromatic carbocycles. The molecule has 0 N–H and O–H groups in total. The smallest absolute Gasteiger partial charge is 0.334 e. The Morgan fingerprint density at radius 2 is 2.45 bits per heavy atom. The minimum Gasteiger partial charge on any atom is -0.459 e. The Balaban J connectivity index is 2.29. The van der Waals surface area contributed by atoms with Gasteiger partial charge in [-0.1, -0.05) is 6.08 Å². The first kappa shape index (κ1) is 6.89. The molecule has 0 spiro atoms. The maximum Gasteiger partial charge on any atom is 0.334 e. The summed E-state index contributed by atoms with van der Waals surface area (Å²) >= 11 is 0. The molecule has 0 aromatic heterocycles. The SMILES string of the molecule is C[C@@H]1OC(=O)C2=CCCC[C@@H]21. The Kier molecular flexibility index (Phi) is 1.48. The number of hydrogen-bond acceptors (Lipinski definition) is 2. The number of rotatable bonds is 0. The van der Waals surface area contributed by atoms with Crippen LogP contribution in [0.1, 0.15) is 26.2 Å². The Bertz CT molecular complexity index is 218. The van der Waals surface area contributed by atoms with Crippen LogP contribution in [0, 0.1) is 5.92 Å². The van der Waals surface area contributed by atoms with Crippen molar-refractivity contribution in [2.75, 3.05) is 0 Å². The van der Waals surface area contributed by atoms with Gasteiger partial charge in [-0.25, -0.2) is 4.79 Å². The number of cyclic esters (lactones) is 1. The van der Waals surface area contributed by atoms with E-state index in [4.69, 9.17) is 4.74 Å². The summed E-state index contributed by atoms with van der Waals surface area (Å²) in [5.74, 6) is 0.318. The molecule has 1 heterocycles. The zero-order valence-electron chi connectivity index (χ0n) is 6.67. The van der Waals surface area contributed by atoms with Gasteiger partial charge < -0.3 is 4.74 Å². The molecule has 0 saturated carbocycles.